The Kier molecular flexibility index (Phi) is 4.24. The lowest BCUT2D eigenvalue weighted by molar-refractivity contribution is 0.609. The summed E-state index contributed by atoms with van der Waals surface area (Å²) >= 11 is 3.62. The smallest absolute Gasteiger partial charge is 0.0706 e. The van der Waals surface area contributed by atoms with Gasteiger partial charge in [0.1, 0.15) is 0 Å². The maximum absolute atomic E-state index is 5.07. The summed E-state index contributed by atoms with van der Waals surface area (Å²) in [5.74, 6) is 0.344. The quantitative estimate of drug-likeness (QED) is 0.293. The molecule has 1 N–H and O–H groups in total. The molecule has 0 aliphatic heterocycles. The van der Waals surface area contributed by atoms with E-state index in [0.717, 1.165) is 22.8 Å². The van der Waals surface area contributed by atoms with Crippen LogP contribution < -0.4 is 0 Å². The molecule has 5 aromatic rings. The molecule has 6 rings (SSSR count). The van der Waals surface area contributed by atoms with Gasteiger partial charge in [-0.25, -0.2) is 0 Å². The molecule has 0 saturated carbocycles. The molecule has 1 aliphatic rings. The van der Waals surface area contributed by atoms with Crippen LogP contribution in [0.15, 0.2) is 83.3 Å². The van der Waals surface area contributed by atoms with E-state index in [9.17, 15) is 0 Å². The highest BCUT2D eigenvalue weighted by atomic mass is 79.9. The molecular weight excluding hydrogens is 432 g/mol. The number of aromatic amines is 1. The molecule has 1 unspecified atom stereocenters. The van der Waals surface area contributed by atoms with Crippen LogP contribution in [0.4, 0.5) is 0 Å². The Balaban J connectivity index is 1.62. The Morgan fingerprint density at radius 2 is 1.73 bits per heavy atom. The second-order valence-electron chi connectivity index (χ2n) is 8.13. The Hall–Kier alpha value is -2.91. The first kappa shape index (κ1) is 17.9. The van der Waals surface area contributed by atoms with Gasteiger partial charge in [0.25, 0.3) is 0 Å². The molecule has 30 heavy (non-hydrogen) atoms. The molecule has 2 nitrogen and oxygen atoms in total. The van der Waals surface area contributed by atoms with Gasteiger partial charge >= 0.3 is 0 Å². The number of benzene rings is 3. The molecule has 0 bridgehead atoms. The van der Waals surface area contributed by atoms with Crippen LogP contribution >= 0.6 is 15.9 Å². The molecule has 1 aliphatic carbocycles. The van der Waals surface area contributed by atoms with E-state index in [1.54, 1.807) is 0 Å². The highest BCUT2D eigenvalue weighted by Gasteiger charge is 2.28. The molecule has 0 spiro atoms. The summed E-state index contributed by atoms with van der Waals surface area (Å²) in [6.45, 7) is 0. The lowest BCUT2D eigenvalue weighted by Crippen LogP contribution is -2.13. The number of halogens is 1. The average Bonchev–Trinajstić information content (AvgIpc) is 3.17. The van der Waals surface area contributed by atoms with Gasteiger partial charge in [-0.05, 0) is 66.3 Å². The normalized spacial score (nSPS) is 16.1. The van der Waals surface area contributed by atoms with Crippen LogP contribution in [0.3, 0.4) is 0 Å². The fourth-order valence-electron chi connectivity index (χ4n) is 4.99. The second kappa shape index (κ2) is 7.10. The zero-order chi connectivity index (χ0) is 20.1. The van der Waals surface area contributed by atoms with Gasteiger partial charge in [0, 0.05) is 32.4 Å². The number of aryl methyl sites for hydroxylation is 1. The molecule has 2 aromatic heterocycles. The van der Waals surface area contributed by atoms with Crippen molar-refractivity contribution in [1.82, 2.24) is 9.97 Å². The van der Waals surface area contributed by atoms with Crippen molar-refractivity contribution in [1.29, 1.82) is 0 Å². The van der Waals surface area contributed by atoms with E-state index in [1.807, 2.05) is 0 Å². The van der Waals surface area contributed by atoms with Gasteiger partial charge in [0.15, 0.2) is 0 Å². The van der Waals surface area contributed by atoms with Crippen molar-refractivity contribution in [2.24, 2.45) is 0 Å². The van der Waals surface area contributed by atoms with Crippen molar-refractivity contribution in [3.8, 4) is 11.3 Å². The largest absolute Gasteiger partial charge is 0.354 e. The molecule has 1 atom stereocenters. The van der Waals surface area contributed by atoms with E-state index in [0.29, 0.717) is 5.92 Å². The van der Waals surface area contributed by atoms with Crippen LogP contribution in [0.2, 0.25) is 0 Å². The van der Waals surface area contributed by atoms with Gasteiger partial charge < -0.3 is 4.98 Å². The van der Waals surface area contributed by atoms with Crippen LogP contribution in [-0.4, -0.2) is 9.97 Å². The molecule has 0 radical (unpaired) electrons. The fourth-order valence-corrected chi connectivity index (χ4v) is 5.37. The molecule has 146 valence electrons. The van der Waals surface area contributed by atoms with Gasteiger partial charge in [0.05, 0.1) is 11.2 Å². The first-order valence-electron chi connectivity index (χ1n) is 10.5. The van der Waals surface area contributed by atoms with Gasteiger partial charge in [-0.3, -0.25) is 4.98 Å². The number of H-pyrrole nitrogens is 1. The maximum atomic E-state index is 5.07. The molecular formula is C27H21BrN2. The van der Waals surface area contributed by atoms with E-state index >= 15 is 0 Å². The van der Waals surface area contributed by atoms with E-state index < -0.39 is 0 Å². The summed E-state index contributed by atoms with van der Waals surface area (Å²) in [6, 6.07) is 28.2. The van der Waals surface area contributed by atoms with Gasteiger partial charge in [-0.1, -0.05) is 64.5 Å². The van der Waals surface area contributed by atoms with Crippen molar-refractivity contribution in [3.05, 3.63) is 100 Å². The predicted molar refractivity (Wildman–Crippen MR) is 128 cm³/mol. The van der Waals surface area contributed by atoms with Gasteiger partial charge in [0.2, 0.25) is 0 Å². The predicted octanol–water partition coefficient (Wildman–Crippen LogP) is 7.61. The number of aromatic nitrogens is 2. The topological polar surface area (TPSA) is 28.7 Å². The number of nitrogens with zero attached hydrogens (tertiary/aromatic N) is 1. The van der Waals surface area contributed by atoms with Crippen molar-refractivity contribution < 1.29 is 0 Å². The second-order valence-corrected chi connectivity index (χ2v) is 9.05. The number of rotatable bonds is 2. The highest BCUT2D eigenvalue weighted by Crippen LogP contribution is 2.44. The number of nitrogens with one attached hydrogen (secondary N) is 1. The van der Waals surface area contributed by atoms with Crippen LogP contribution in [0, 0.1) is 0 Å². The number of para-hydroxylation sites is 1. The first-order chi connectivity index (χ1) is 14.8. The van der Waals surface area contributed by atoms with Gasteiger partial charge in [-0.2, -0.15) is 0 Å². The van der Waals surface area contributed by atoms with Crippen LogP contribution in [-0.2, 0) is 6.42 Å². The first-order valence-corrected chi connectivity index (χ1v) is 11.3. The zero-order valence-electron chi connectivity index (χ0n) is 16.5. The number of hydrogen-bond acceptors (Lipinski definition) is 1. The van der Waals surface area contributed by atoms with Crippen LogP contribution in [0.25, 0.3) is 33.1 Å². The third-order valence-electron chi connectivity index (χ3n) is 6.33. The van der Waals surface area contributed by atoms with Crippen LogP contribution in [0.5, 0.6) is 0 Å². The standard InChI is InChI=1S/C27H21BrN2/c28-19-13-14-23-18(15-19)16-22-20(10-6-12-25(22)29-23)26-21-9-4-5-11-24(21)30-27(26)17-7-2-1-3-8-17/h1-5,7-9,11,13-16,20,30H,6,10,12H2. The maximum Gasteiger partial charge on any atom is 0.0706 e. The summed E-state index contributed by atoms with van der Waals surface area (Å²) in [7, 11) is 0. The number of pyridine rings is 1. The third-order valence-corrected chi connectivity index (χ3v) is 6.82. The molecule has 2 heterocycles. The Morgan fingerprint density at radius 3 is 2.63 bits per heavy atom. The van der Waals surface area contributed by atoms with E-state index in [-0.39, 0.29) is 0 Å². The minimum atomic E-state index is 0.344. The average molecular weight is 453 g/mol. The summed E-state index contributed by atoms with van der Waals surface area (Å²) in [6.07, 6.45) is 3.37. The fraction of sp³-hybridized carbons (Fsp3) is 0.148. The number of hydrogen-bond donors (Lipinski definition) is 1. The molecule has 0 amide bonds. The summed E-state index contributed by atoms with van der Waals surface area (Å²) < 4.78 is 1.10. The summed E-state index contributed by atoms with van der Waals surface area (Å²) in [5.41, 5.74) is 8.82. The molecule has 3 aromatic carbocycles. The minimum absolute atomic E-state index is 0.344. The van der Waals surface area contributed by atoms with Crippen molar-refractivity contribution >= 4 is 37.7 Å². The summed E-state index contributed by atoms with van der Waals surface area (Å²) in [5, 5.41) is 2.53. The van der Waals surface area contributed by atoms with Gasteiger partial charge in [-0.15, -0.1) is 0 Å². The Labute approximate surface area is 184 Å². The molecule has 0 fully saturated rings. The monoisotopic (exact) mass is 452 g/mol. The van der Waals surface area contributed by atoms with Crippen molar-refractivity contribution in [2.75, 3.05) is 0 Å². The highest BCUT2D eigenvalue weighted by molar-refractivity contribution is 9.10. The van der Waals surface area contributed by atoms with Crippen LogP contribution in [0.1, 0.15) is 35.6 Å². The molecule has 0 saturated heterocycles. The van der Waals surface area contributed by atoms with E-state index in [1.165, 1.54) is 50.8 Å². The lowest BCUT2D eigenvalue weighted by atomic mass is 9.78. The lowest BCUT2D eigenvalue weighted by Gasteiger charge is -2.26. The minimum Gasteiger partial charge on any atom is -0.354 e. The number of fused-ring (bicyclic) bond motifs is 3. The summed E-state index contributed by atoms with van der Waals surface area (Å²) in [4.78, 5) is 8.80. The van der Waals surface area contributed by atoms with E-state index in [4.69, 9.17) is 4.98 Å². The Morgan fingerprint density at radius 1 is 0.900 bits per heavy atom. The Bertz CT molecular complexity index is 1380. The van der Waals surface area contributed by atoms with Crippen molar-refractivity contribution in [3.63, 3.8) is 0 Å². The van der Waals surface area contributed by atoms with Crippen molar-refractivity contribution in [2.45, 2.75) is 25.2 Å². The zero-order valence-corrected chi connectivity index (χ0v) is 18.1. The molecule has 3 heteroatoms. The van der Waals surface area contributed by atoms with E-state index in [2.05, 4.69) is 99.8 Å². The third kappa shape index (κ3) is 2.88. The SMILES string of the molecule is Brc1ccc2nc3c(cc2c1)C(c1c(-c2ccccc2)[nH]c2ccccc12)CCC3.